The molecule has 8 heteroatoms. The lowest BCUT2D eigenvalue weighted by atomic mass is 10.1. The lowest BCUT2D eigenvalue weighted by Gasteiger charge is -2.11. The van der Waals surface area contributed by atoms with Gasteiger partial charge in [0.2, 0.25) is 0 Å². The molecule has 142 valence electrons. The zero-order chi connectivity index (χ0) is 19.4. The largest absolute Gasteiger partial charge is 0.496 e. The number of methoxy groups -OCH3 is 1. The predicted octanol–water partition coefficient (Wildman–Crippen LogP) is 2.73. The molecule has 1 heterocycles. The molecule has 0 spiro atoms. The maximum absolute atomic E-state index is 12.5. The van der Waals surface area contributed by atoms with Gasteiger partial charge in [-0.15, -0.1) is 0 Å². The number of benzene rings is 2. The molecule has 1 amide bonds. The number of sulfonamides is 1. The molecule has 0 radical (unpaired) electrons. The Morgan fingerprint density at radius 2 is 2.00 bits per heavy atom. The molecule has 0 saturated heterocycles. The van der Waals surface area contributed by atoms with Gasteiger partial charge in [-0.2, -0.15) is 0 Å². The summed E-state index contributed by atoms with van der Waals surface area (Å²) in [6, 6.07) is 11.2. The van der Waals surface area contributed by atoms with Crippen molar-refractivity contribution in [3.63, 3.8) is 0 Å². The van der Waals surface area contributed by atoms with E-state index >= 15 is 0 Å². The number of aliphatic imine (C=N–C) groups is 1. The zero-order valence-electron chi connectivity index (χ0n) is 15.2. The van der Waals surface area contributed by atoms with Crippen LogP contribution in [0, 0.1) is 6.92 Å². The average molecular weight is 387 g/mol. The lowest BCUT2D eigenvalue weighted by molar-refractivity contribution is 0.102. The van der Waals surface area contributed by atoms with Crippen LogP contribution < -0.4 is 14.8 Å². The van der Waals surface area contributed by atoms with Crippen LogP contribution in [0.1, 0.15) is 28.8 Å². The normalized spacial score (nSPS) is 13.8. The number of nitrogens with one attached hydrogen (secondary N) is 2. The van der Waals surface area contributed by atoms with Gasteiger partial charge in [-0.1, -0.05) is 12.1 Å². The zero-order valence-corrected chi connectivity index (χ0v) is 16.0. The Bertz CT molecular complexity index is 1000. The fourth-order valence-corrected chi connectivity index (χ4v) is 3.88. The minimum atomic E-state index is -3.74. The third-order valence-electron chi connectivity index (χ3n) is 4.20. The first-order valence-corrected chi connectivity index (χ1v) is 9.99. The summed E-state index contributed by atoms with van der Waals surface area (Å²) in [4.78, 5) is 16.7. The molecule has 0 atom stereocenters. The maximum atomic E-state index is 12.5. The third kappa shape index (κ3) is 4.46. The summed E-state index contributed by atoms with van der Waals surface area (Å²) in [5.74, 6) is 0.729. The smallest absolute Gasteiger partial charge is 0.262 e. The molecule has 1 aliphatic heterocycles. The molecule has 1 aliphatic rings. The maximum Gasteiger partial charge on any atom is 0.262 e. The summed E-state index contributed by atoms with van der Waals surface area (Å²) in [6.45, 7) is 2.52. The summed E-state index contributed by atoms with van der Waals surface area (Å²) in [7, 11) is -2.19. The van der Waals surface area contributed by atoms with Crippen molar-refractivity contribution < 1.29 is 17.9 Å². The highest BCUT2D eigenvalue weighted by molar-refractivity contribution is 7.90. The molecule has 0 unspecified atom stereocenters. The number of rotatable bonds is 5. The second-order valence-electron chi connectivity index (χ2n) is 6.20. The van der Waals surface area contributed by atoms with Crippen LogP contribution in [0.25, 0.3) is 0 Å². The van der Waals surface area contributed by atoms with E-state index in [1.165, 1.54) is 12.1 Å². The van der Waals surface area contributed by atoms with E-state index in [-0.39, 0.29) is 10.8 Å². The van der Waals surface area contributed by atoms with Gasteiger partial charge in [-0.3, -0.25) is 14.5 Å². The first-order valence-electron chi connectivity index (χ1n) is 8.51. The Morgan fingerprint density at radius 3 is 2.70 bits per heavy atom. The first-order chi connectivity index (χ1) is 12.9. The predicted molar refractivity (Wildman–Crippen MR) is 104 cm³/mol. The molecule has 2 N–H and O–H groups in total. The van der Waals surface area contributed by atoms with E-state index in [4.69, 9.17) is 4.74 Å². The van der Waals surface area contributed by atoms with Crippen LogP contribution in [-0.2, 0) is 10.0 Å². The van der Waals surface area contributed by atoms with Gasteiger partial charge in [0.25, 0.3) is 15.9 Å². The van der Waals surface area contributed by atoms with E-state index in [0.717, 1.165) is 12.0 Å². The summed E-state index contributed by atoms with van der Waals surface area (Å²) in [5, 5.41) is 2.72. The molecule has 7 nitrogen and oxygen atoms in total. The van der Waals surface area contributed by atoms with Crippen LogP contribution >= 0.6 is 0 Å². The van der Waals surface area contributed by atoms with E-state index in [1.54, 1.807) is 37.4 Å². The van der Waals surface area contributed by atoms with Crippen molar-refractivity contribution in [1.29, 1.82) is 0 Å². The van der Waals surface area contributed by atoms with Crippen LogP contribution in [0.2, 0.25) is 0 Å². The van der Waals surface area contributed by atoms with E-state index < -0.39 is 10.0 Å². The van der Waals surface area contributed by atoms with Crippen LogP contribution in [-0.4, -0.2) is 33.8 Å². The summed E-state index contributed by atoms with van der Waals surface area (Å²) in [6.07, 6.45) is 1.46. The molecule has 27 heavy (non-hydrogen) atoms. The number of carbonyl (C=O) groups is 1. The topological polar surface area (TPSA) is 96.9 Å². The number of nitrogens with zero attached hydrogens (tertiary/aromatic N) is 1. The van der Waals surface area contributed by atoms with Gasteiger partial charge in [-0.05, 0) is 49.2 Å². The standard InChI is InChI=1S/C19H21N3O4S/c1-13-8-9-14(11-17(13)26-2)19(23)21-15-5-3-6-16(12-15)27(24,25)22-18-7-4-10-20-18/h3,5-6,8-9,11-12H,4,7,10H2,1-2H3,(H,20,22)(H,21,23). The Balaban J connectivity index is 1.78. The molecule has 2 aromatic rings. The number of hydrogen-bond acceptors (Lipinski definition) is 5. The minimum absolute atomic E-state index is 0.0661. The van der Waals surface area contributed by atoms with Gasteiger partial charge >= 0.3 is 0 Å². The molecular formula is C19H21N3O4S. The van der Waals surface area contributed by atoms with Crippen molar-refractivity contribution >= 4 is 27.5 Å². The molecule has 3 rings (SSSR count). The van der Waals surface area contributed by atoms with E-state index in [2.05, 4.69) is 15.0 Å². The van der Waals surface area contributed by atoms with Crippen molar-refractivity contribution in [2.45, 2.75) is 24.7 Å². The Hall–Kier alpha value is -2.87. The fraction of sp³-hybridized carbons (Fsp3) is 0.263. The molecule has 2 aromatic carbocycles. The monoisotopic (exact) mass is 387 g/mol. The van der Waals surface area contributed by atoms with Gasteiger partial charge in [0.1, 0.15) is 11.6 Å². The SMILES string of the molecule is COc1cc(C(=O)Nc2cccc(S(=O)(=O)NC3=NCCC3)c2)ccc1C. The number of hydrogen-bond donors (Lipinski definition) is 2. The molecule has 0 bridgehead atoms. The Labute approximate surface area is 158 Å². The minimum Gasteiger partial charge on any atom is -0.496 e. The van der Waals surface area contributed by atoms with Gasteiger partial charge in [0.15, 0.2) is 0 Å². The van der Waals surface area contributed by atoms with Gasteiger partial charge < -0.3 is 10.1 Å². The van der Waals surface area contributed by atoms with Crippen molar-refractivity contribution in [2.24, 2.45) is 4.99 Å². The van der Waals surface area contributed by atoms with Crippen LogP contribution in [0.5, 0.6) is 5.75 Å². The number of ether oxygens (including phenoxy) is 1. The molecule has 0 aliphatic carbocycles. The van der Waals surface area contributed by atoms with Gasteiger partial charge in [0.05, 0.1) is 12.0 Å². The van der Waals surface area contributed by atoms with E-state index in [1.807, 2.05) is 6.92 Å². The Morgan fingerprint density at radius 1 is 1.19 bits per heavy atom. The summed E-state index contributed by atoms with van der Waals surface area (Å²) >= 11 is 0. The molecule has 0 aromatic heterocycles. The van der Waals surface area contributed by atoms with Crippen molar-refractivity contribution in [2.75, 3.05) is 19.0 Å². The second kappa shape index (κ2) is 7.79. The summed E-state index contributed by atoms with van der Waals surface area (Å²) in [5.41, 5.74) is 1.72. The van der Waals surface area contributed by atoms with E-state index in [0.29, 0.717) is 35.8 Å². The number of amides is 1. The molecule has 0 saturated carbocycles. The highest BCUT2D eigenvalue weighted by Gasteiger charge is 2.19. The average Bonchev–Trinajstić information content (AvgIpc) is 3.14. The summed E-state index contributed by atoms with van der Waals surface area (Å²) < 4.78 is 32.7. The van der Waals surface area contributed by atoms with Gasteiger partial charge in [-0.25, -0.2) is 8.42 Å². The number of anilines is 1. The number of aryl methyl sites for hydroxylation is 1. The lowest BCUT2D eigenvalue weighted by Crippen LogP contribution is -2.29. The van der Waals surface area contributed by atoms with Crippen molar-refractivity contribution in [3.8, 4) is 5.75 Å². The number of amidine groups is 1. The molecular weight excluding hydrogens is 366 g/mol. The third-order valence-corrected chi connectivity index (χ3v) is 5.58. The fourth-order valence-electron chi connectivity index (χ4n) is 2.74. The highest BCUT2D eigenvalue weighted by Crippen LogP contribution is 2.21. The molecule has 0 fully saturated rings. The van der Waals surface area contributed by atoms with Gasteiger partial charge in [0, 0.05) is 24.2 Å². The Kier molecular flexibility index (Phi) is 5.46. The quantitative estimate of drug-likeness (QED) is 0.824. The van der Waals surface area contributed by atoms with Crippen molar-refractivity contribution in [3.05, 3.63) is 53.6 Å². The first kappa shape index (κ1) is 18.9. The van der Waals surface area contributed by atoms with Crippen LogP contribution in [0.3, 0.4) is 0 Å². The van der Waals surface area contributed by atoms with Crippen LogP contribution in [0.4, 0.5) is 5.69 Å². The van der Waals surface area contributed by atoms with Crippen molar-refractivity contribution in [1.82, 2.24) is 4.72 Å². The van der Waals surface area contributed by atoms with Crippen LogP contribution in [0.15, 0.2) is 52.4 Å². The highest BCUT2D eigenvalue weighted by atomic mass is 32.2. The second-order valence-corrected chi connectivity index (χ2v) is 7.89. The number of carbonyl (C=O) groups excluding carboxylic acids is 1. The van der Waals surface area contributed by atoms with E-state index in [9.17, 15) is 13.2 Å².